The largest absolute Gasteiger partial charge is 0.376 e. The summed E-state index contributed by atoms with van der Waals surface area (Å²) in [4.78, 5) is 14.7. The molecule has 122 valence electrons. The van der Waals surface area contributed by atoms with Crippen LogP contribution in [-0.4, -0.2) is 62.4 Å². The van der Waals surface area contributed by atoms with E-state index in [0.29, 0.717) is 0 Å². The normalized spacial score (nSPS) is 27.0. The van der Waals surface area contributed by atoms with Gasteiger partial charge in [0.15, 0.2) is 0 Å². The summed E-state index contributed by atoms with van der Waals surface area (Å²) in [5.41, 5.74) is 0. The second-order valence-electron chi connectivity index (χ2n) is 6.22. The molecule has 0 saturated carbocycles. The molecule has 2 aliphatic heterocycles. The van der Waals surface area contributed by atoms with Crippen molar-refractivity contribution in [2.24, 2.45) is 5.92 Å². The second kappa shape index (κ2) is 8.71. The van der Waals surface area contributed by atoms with Crippen molar-refractivity contribution in [3.8, 4) is 0 Å². The van der Waals surface area contributed by atoms with Crippen LogP contribution in [0.15, 0.2) is 0 Å². The first kappa shape index (κ1) is 16.7. The Morgan fingerprint density at radius 1 is 1.19 bits per heavy atom. The first-order valence-electron chi connectivity index (χ1n) is 8.43. The van der Waals surface area contributed by atoms with Crippen LogP contribution in [0.1, 0.15) is 39.5 Å². The van der Waals surface area contributed by atoms with Crippen LogP contribution in [0.3, 0.4) is 0 Å². The first-order valence-corrected chi connectivity index (χ1v) is 8.43. The summed E-state index contributed by atoms with van der Waals surface area (Å²) in [6.45, 7) is 8.80. The quantitative estimate of drug-likeness (QED) is 0.736. The van der Waals surface area contributed by atoms with Crippen molar-refractivity contribution in [1.82, 2.24) is 10.2 Å². The minimum absolute atomic E-state index is 0.00718. The molecule has 3 atom stereocenters. The van der Waals surface area contributed by atoms with E-state index < -0.39 is 0 Å². The van der Waals surface area contributed by atoms with E-state index in [-0.39, 0.29) is 24.0 Å². The molecular formula is C16H30N2O3. The Bertz CT molecular complexity index is 295. The number of hydrogen-bond acceptors (Lipinski definition) is 4. The second-order valence-corrected chi connectivity index (χ2v) is 6.22. The van der Waals surface area contributed by atoms with Crippen molar-refractivity contribution in [2.45, 2.75) is 51.7 Å². The fourth-order valence-corrected chi connectivity index (χ4v) is 3.08. The number of nitrogens with one attached hydrogen (secondary N) is 1. The van der Waals surface area contributed by atoms with E-state index >= 15 is 0 Å². The molecule has 3 unspecified atom stereocenters. The van der Waals surface area contributed by atoms with E-state index in [1.165, 1.54) is 0 Å². The molecule has 2 rings (SSSR count). The van der Waals surface area contributed by atoms with Crippen LogP contribution in [0.2, 0.25) is 0 Å². The molecule has 0 aliphatic carbocycles. The Balaban J connectivity index is 1.90. The zero-order chi connectivity index (χ0) is 15.1. The highest BCUT2D eigenvalue weighted by Gasteiger charge is 2.28. The number of rotatable bonds is 8. The molecule has 1 N–H and O–H groups in total. The van der Waals surface area contributed by atoms with Gasteiger partial charge in [0.05, 0.1) is 12.2 Å². The van der Waals surface area contributed by atoms with E-state index in [0.717, 1.165) is 65.1 Å². The SMILES string of the molecule is CCNCC(C)C(=O)N(CC1CCCO1)CC1CCCO1. The highest BCUT2D eigenvalue weighted by Crippen LogP contribution is 2.18. The molecule has 2 saturated heterocycles. The maximum Gasteiger partial charge on any atom is 0.226 e. The van der Waals surface area contributed by atoms with E-state index in [1.54, 1.807) is 0 Å². The van der Waals surface area contributed by atoms with Crippen molar-refractivity contribution >= 4 is 5.91 Å². The molecular weight excluding hydrogens is 268 g/mol. The predicted molar refractivity (Wildman–Crippen MR) is 82.2 cm³/mol. The summed E-state index contributed by atoms with van der Waals surface area (Å²) >= 11 is 0. The van der Waals surface area contributed by atoms with Gasteiger partial charge < -0.3 is 19.7 Å². The molecule has 2 aliphatic rings. The van der Waals surface area contributed by atoms with Gasteiger partial charge in [-0.05, 0) is 32.2 Å². The Morgan fingerprint density at radius 3 is 2.19 bits per heavy atom. The molecule has 0 radical (unpaired) electrons. The van der Waals surface area contributed by atoms with Crippen molar-refractivity contribution in [1.29, 1.82) is 0 Å². The fourth-order valence-electron chi connectivity index (χ4n) is 3.08. The smallest absolute Gasteiger partial charge is 0.226 e. The predicted octanol–water partition coefficient (Wildman–Crippen LogP) is 1.42. The summed E-state index contributed by atoms with van der Waals surface area (Å²) in [5.74, 6) is 0.231. The van der Waals surface area contributed by atoms with E-state index in [1.807, 2.05) is 11.8 Å². The molecule has 0 aromatic heterocycles. The van der Waals surface area contributed by atoms with Crippen LogP contribution in [0.25, 0.3) is 0 Å². The highest BCUT2D eigenvalue weighted by molar-refractivity contribution is 5.78. The number of carbonyl (C=O) groups is 1. The first-order chi connectivity index (χ1) is 10.2. The van der Waals surface area contributed by atoms with Gasteiger partial charge in [-0.2, -0.15) is 0 Å². The molecule has 2 heterocycles. The van der Waals surface area contributed by atoms with Crippen LogP contribution < -0.4 is 5.32 Å². The fraction of sp³-hybridized carbons (Fsp3) is 0.938. The third kappa shape index (κ3) is 5.24. The highest BCUT2D eigenvalue weighted by atomic mass is 16.5. The van der Waals surface area contributed by atoms with Crippen LogP contribution >= 0.6 is 0 Å². The van der Waals surface area contributed by atoms with E-state index in [9.17, 15) is 4.79 Å². The lowest BCUT2D eigenvalue weighted by atomic mass is 10.1. The average molecular weight is 298 g/mol. The number of carbonyl (C=O) groups excluding carboxylic acids is 1. The van der Waals surface area contributed by atoms with Gasteiger partial charge in [-0.25, -0.2) is 0 Å². The maximum absolute atomic E-state index is 12.7. The monoisotopic (exact) mass is 298 g/mol. The number of amides is 1. The Labute approximate surface area is 128 Å². The number of hydrogen-bond donors (Lipinski definition) is 1. The Hall–Kier alpha value is -0.650. The van der Waals surface area contributed by atoms with E-state index in [2.05, 4.69) is 12.2 Å². The van der Waals surface area contributed by atoms with Crippen molar-refractivity contribution in [3.63, 3.8) is 0 Å². The topological polar surface area (TPSA) is 50.8 Å². The molecule has 2 fully saturated rings. The lowest BCUT2D eigenvalue weighted by Gasteiger charge is -2.30. The van der Waals surface area contributed by atoms with Crippen LogP contribution in [0.5, 0.6) is 0 Å². The Kier molecular flexibility index (Phi) is 6.93. The molecule has 1 amide bonds. The van der Waals surface area contributed by atoms with Gasteiger partial charge in [0.2, 0.25) is 5.91 Å². The summed E-state index contributed by atoms with van der Waals surface area (Å²) in [6, 6.07) is 0. The van der Waals surface area contributed by atoms with Gasteiger partial charge in [-0.1, -0.05) is 13.8 Å². The summed E-state index contributed by atoms with van der Waals surface area (Å²) in [7, 11) is 0. The molecule has 5 heteroatoms. The third-order valence-electron chi connectivity index (χ3n) is 4.33. The molecule has 0 spiro atoms. The number of nitrogens with zero attached hydrogens (tertiary/aromatic N) is 1. The zero-order valence-electron chi connectivity index (χ0n) is 13.5. The summed E-state index contributed by atoms with van der Waals surface area (Å²) in [6.07, 6.45) is 4.77. The minimum Gasteiger partial charge on any atom is -0.376 e. The van der Waals surface area contributed by atoms with E-state index in [4.69, 9.17) is 9.47 Å². The van der Waals surface area contributed by atoms with Crippen molar-refractivity contribution in [2.75, 3.05) is 39.4 Å². The van der Waals surface area contributed by atoms with Crippen molar-refractivity contribution in [3.05, 3.63) is 0 Å². The Morgan fingerprint density at radius 2 is 1.76 bits per heavy atom. The average Bonchev–Trinajstić information content (AvgIpc) is 3.16. The van der Waals surface area contributed by atoms with Crippen LogP contribution in [0, 0.1) is 5.92 Å². The van der Waals surface area contributed by atoms with Gasteiger partial charge in [0.1, 0.15) is 0 Å². The third-order valence-corrected chi connectivity index (χ3v) is 4.33. The zero-order valence-corrected chi connectivity index (χ0v) is 13.5. The maximum atomic E-state index is 12.7. The van der Waals surface area contributed by atoms with Gasteiger partial charge in [0.25, 0.3) is 0 Å². The van der Waals surface area contributed by atoms with Gasteiger partial charge in [-0.3, -0.25) is 4.79 Å². The molecule has 0 aromatic rings. The van der Waals surface area contributed by atoms with Crippen molar-refractivity contribution < 1.29 is 14.3 Å². The summed E-state index contributed by atoms with van der Waals surface area (Å²) < 4.78 is 11.4. The van der Waals surface area contributed by atoms with Gasteiger partial charge in [0, 0.05) is 38.8 Å². The van der Waals surface area contributed by atoms with Gasteiger partial charge >= 0.3 is 0 Å². The minimum atomic E-state index is 0.00718. The van der Waals surface area contributed by atoms with Crippen LogP contribution in [-0.2, 0) is 14.3 Å². The molecule has 21 heavy (non-hydrogen) atoms. The summed E-state index contributed by atoms with van der Waals surface area (Å²) in [5, 5.41) is 3.26. The van der Waals surface area contributed by atoms with Crippen LogP contribution in [0.4, 0.5) is 0 Å². The molecule has 0 aromatic carbocycles. The van der Waals surface area contributed by atoms with Gasteiger partial charge in [-0.15, -0.1) is 0 Å². The molecule has 5 nitrogen and oxygen atoms in total. The standard InChI is InChI=1S/C16H30N2O3/c1-3-17-10-13(2)16(19)18(11-14-6-4-8-20-14)12-15-7-5-9-21-15/h13-15,17H,3-12H2,1-2H3. The molecule has 0 bridgehead atoms. The lowest BCUT2D eigenvalue weighted by Crippen LogP contribution is -2.46. The lowest BCUT2D eigenvalue weighted by molar-refractivity contribution is -0.138. The number of ether oxygens (including phenoxy) is 2.